The molecule has 3 aromatic rings. The maximum atomic E-state index is 7.53. The van der Waals surface area contributed by atoms with E-state index >= 15 is 0 Å². The minimum Gasteiger partial charge on any atom is -0.489 e. The van der Waals surface area contributed by atoms with Gasteiger partial charge in [0.05, 0.1) is 0 Å². The summed E-state index contributed by atoms with van der Waals surface area (Å²) in [6, 6.07) is 20.5. The van der Waals surface area contributed by atoms with Crippen molar-refractivity contribution in [1.29, 1.82) is 10.8 Å². The molecule has 0 radical (unpaired) electrons. The summed E-state index contributed by atoms with van der Waals surface area (Å²) in [5.41, 5.74) is 15.5. The van der Waals surface area contributed by atoms with Gasteiger partial charge in [0.2, 0.25) is 0 Å². The first-order valence-electron chi connectivity index (χ1n) is 9.14. The number of rotatable bonds is 8. The van der Waals surface area contributed by atoms with Crippen LogP contribution < -0.4 is 20.9 Å². The van der Waals surface area contributed by atoms with Crippen LogP contribution in [0.25, 0.3) is 0 Å². The number of hydrogen-bond acceptors (Lipinski definition) is 4. The number of amidine groups is 2. The van der Waals surface area contributed by atoms with Crippen LogP contribution >= 0.6 is 0 Å². The largest absolute Gasteiger partial charge is 0.489 e. The highest BCUT2D eigenvalue weighted by Gasteiger charge is 2.05. The van der Waals surface area contributed by atoms with E-state index in [0.717, 1.165) is 16.7 Å². The fourth-order valence-electron chi connectivity index (χ4n) is 2.95. The van der Waals surface area contributed by atoms with Crippen LogP contribution in [0.2, 0.25) is 0 Å². The molecule has 6 N–H and O–H groups in total. The second-order valence-electron chi connectivity index (χ2n) is 6.79. The van der Waals surface area contributed by atoms with Gasteiger partial charge in [-0.05, 0) is 48.4 Å². The predicted molar refractivity (Wildman–Crippen MR) is 115 cm³/mol. The van der Waals surface area contributed by atoms with E-state index < -0.39 is 0 Å². The van der Waals surface area contributed by atoms with Crippen molar-refractivity contribution < 1.29 is 9.47 Å². The molecule has 0 aliphatic rings. The van der Waals surface area contributed by atoms with Crippen molar-refractivity contribution in [1.82, 2.24) is 0 Å². The monoisotopic (exact) mass is 388 g/mol. The molecule has 6 nitrogen and oxygen atoms in total. The molecule has 6 heteroatoms. The van der Waals surface area contributed by atoms with Crippen LogP contribution in [0.4, 0.5) is 0 Å². The van der Waals surface area contributed by atoms with E-state index in [2.05, 4.69) is 12.1 Å². The Kier molecular flexibility index (Phi) is 6.14. The number of nitrogen functional groups attached to an aromatic ring is 2. The number of hydrogen-bond donors (Lipinski definition) is 4. The van der Waals surface area contributed by atoms with Crippen molar-refractivity contribution in [2.75, 3.05) is 0 Å². The Morgan fingerprint density at radius 2 is 1.17 bits per heavy atom. The SMILES string of the molecule is Cc1cc(COc2cccc(C(=N)N)c2)cc(COc2cccc(C(=N)N)c2)c1. The molecular formula is C23H24N4O2. The van der Waals surface area contributed by atoms with Crippen LogP contribution in [0.5, 0.6) is 11.5 Å². The molecule has 0 aliphatic carbocycles. The summed E-state index contributed by atoms with van der Waals surface area (Å²) in [6.45, 7) is 2.82. The molecule has 3 aromatic carbocycles. The summed E-state index contributed by atoms with van der Waals surface area (Å²) in [5.74, 6) is 1.36. The van der Waals surface area contributed by atoms with Gasteiger partial charge in [-0.15, -0.1) is 0 Å². The Morgan fingerprint density at radius 1 is 0.724 bits per heavy atom. The zero-order valence-corrected chi connectivity index (χ0v) is 16.2. The van der Waals surface area contributed by atoms with E-state index in [1.165, 1.54) is 0 Å². The molecule has 0 bridgehead atoms. The number of ether oxygens (including phenoxy) is 2. The van der Waals surface area contributed by atoms with Gasteiger partial charge in [-0.25, -0.2) is 0 Å². The van der Waals surface area contributed by atoms with Crippen molar-refractivity contribution in [3.8, 4) is 11.5 Å². The van der Waals surface area contributed by atoms with Gasteiger partial charge in [-0.1, -0.05) is 42.0 Å². The topological polar surface area (TPSA) is 118 Å². The minimum absolute atomic E-state index is 0.0132. The van der Waals surface area contributed by atoms with E-state index in [4.69, 9.17) is 31.8 Å². The van der Waals surface area contributed by atoms with Gasteiger partial charge in [-0.3, -0.25) is 10.8 Å². The molecular weight excluding hydrogens is 364 g/mol. The smallest absolute Gasteiger partial charge is 0.122 e. The molecule has 0 saturated heterocycles. The van der Waals surface area contributed by atoms with Crippen LogP contribution in [0.15, 0.2) is 66.7 Å². The summed E-state index contributed by atoms with van der Waals surface area (Å²) < 4.78 is 11.7. The molecule has 148 valence electrons. The number of nitrogens with two attached hydrogens (primary N) is 2. The van der Waals surface area contributed by atoms with Crippen LogP contribution in [-0.4, -0.2) is 11.7 Å². The second kappa shape index (κ2) is 8.93. The lowest BCUT2D eigenvalue weighted by molar-refractivity contribution is 0.299. The summed E-state index contributed by atoms with van der Waals surface area (Å²) >= 11 is 0. The molecule has 3 rings (SSSR count). The maximum Gasteiger partial charge on any atom is 0.122 e. The lowest BCUT2D eigenvalue weighted by Gasteiger charge is -2.12. The maximum absolute atomic E-state index is 7.53. The lowest BCUT2D eigenvalue weighted by Crippen LogP contribution is -2.11. The zero-order valence-electron chi connectivity index (χ0n) is 16.2. The standard InChI is InChI=1S/C23H24N4O2/c1-15-8-16(13-28-20-6-2-4-18(11-20)22(24)25)10-17(9-15)14-29-21-7-3-5-19(12-21)23(26)27/h2-12H,13-14H2,1H3,(H3,24,25)(H3,26,27). The molecule has 0 aromatic heterocycles. The number of aryl methyl sites for hydroxylation is 1. The molecule has 0 heterocycles. The highest BCUT2D eigenvalue weighted by atomic mass is 16.5. The third kappa shape index (κ3) is 5.59. The molecule has 29 heavy (non-hydrogen) atoms. The molecule has 0 fully saturated rings. The zero-order chi connectivity index (χ0) is 20.8. The van der Waals surface area contributed by atoms with Crippen molar-refractivity contribution in [3.63, 3.8) is 0 Å². The van der Waals surface area contributed by atoms with Gasteiger partial charge < -0.3 is 20.9 Å². The number of benzene rings is 3. The van der Waals surface area contributed by atoms with E-state index in [-0.39, 0.29) is 11.7 Å². The van der Waals surface area contributed by atoms with Crippen molar-refractivity contribution in [2.45, 2.75) is 20.1 Å². The molecule has 0 spiro atoms. The van der Waals surface area contributed by atoms with E-state index in [1.807, 2.05) is 37.3 Å². The van der Waals surface area contributed by atoms with Crippen molar-refractivity contribution >= 4 is 11.7 Å². The summed E-state index contributed by atoms with van der Waals surface area (Å²) in [5, 5.41) is 15.1. The minimum atomic E-state index is 0.0132. The highest BCUT2D eigenvalue weighted by molar-refractivity contribution is 5.95. The Bertz CT molecular complexity index is 967. The van der Waals surface area contributed by atoms with Gasteiger partial charge in [0.25, 0.3) is 0 Å². The van der Waals surface area contributed by atoms with Gasteiger partial charge in [0.15, 0.2) is 0 Å². The normalized spacial score (nSPS) is 10.4. The Labute approximate surface area is 170 Å². The van der Waals surface area contributed by atoms with E-state index in [0.29, 0.717) is 35.8 Å². The fraction of sp³-hybridized carbons (Fsp3) is 0.130. The predicted octanol–water partition coefficient (Wildman–Crippen LogP) is 3.72. The first-order valence-corrected chi connectivity index (χ1v) is 9.14. The van der Waals surface area contributed by atoms with Crippen molar-refractivity contribution in [2.24, 2.45) is 11.5 Å². The highest BCUT2D eigenvalue weighted by Crippen LogP contribution is 2.19. The van der Waals surface area contributed by atoms with Gasteiger partial charge >= 0.3 is 0 Å². The third-order valence-electron chi connectivity index (χ3n) is 4.30. The van der Waals surface area contributed by atoms with E-state index in [1.54, 1.807) is 24.3 Å². The first kappa shape index (κ1) is 19.9. The average Bonchev–Trinajstić information content (AvgIpc) is 2.71. The van der Waals surface area contributed by atoms with Gasteiger partial charge in [-0.2, -0.15) is 0 Å². The summed E-state index contributed by atoms with van der Waals surface area (Å²) in [7, 11) is 0. The first-order chi connectivity index (χ1) is 13.9. The molecule has 0 saturated carbocycles. The molecule has 0 amide bonds. The quantitative estimate of drug-likeness (QED) is 0.347. The van der Waals surface area contributed by atoms with Crippen molar-refractivity contribution in [3.05, 3.63) is 94.5 Å². The fourth-order valence-corrected chi connectivity index (χ4v) is 2.95. The number of nitrogens with one attached hydrogen (secondary N) is 2. The second-order valence-corrected chi connectivity index (χ2v) is 6.79. The van der Waals surface area contributed by atoms with Crippen LogP contribution in [-0.2, 0) is 13.2 Å². The molecule has 0 aliphatic heterocycles. The van der Waals surface area contributed by atoms with Crippen LogP contribution in [0, 0.1) is 17.7 Å². The molecule has 0 atom stereocenters. The Hall–Kier alpha value is -3.80. The third-order valence-corrected chi connectivity index (χ3v) is 4.30. The van der Waals surface area contributed by atoms with Gasteiger partial charge in [0.1, 0.15) is 36.4 Å². The lowest BCUT2D eigenvalue weighted by atomic mass is 10.1. The average molecular weight is 388 g/mol. The summed E-state index contributed by atoms with van der Waals surface area (Å²) in [4.78, 5) is 0. The van der Waals surface area contributed by atoms with E-state index in [9.17, 15) is 0 Å². The Morgan fingerprint density at radius 3 is 1.59 bits per heavy atom. The molecule has 0 unspecified atom stereocenters. The Balaban J connectivity index is 1.66. The van der Waals surface area contributed by atoms with Crippen LogP contribution in [0.1, 0.15) is 27.8 Å². The van der Waals surface area contributed by atoms with Gasteiger partial charge in [0, 0.05) is 11.1 Å². The van der Waals surface area contributed by atoms with Crippen LogP contribution in [0.3, 0.4) is 0 Å². The summed E-state index contributed by atoms with van der Waals surface area (Å²) in [6.07, 6.45) is 0.